The van der Waals surface area contributed by atoms with Crippen LogP contribution in [0.3, 0.4) is 0 Å². The lowest BCUT2D eigenvalue weighted by molar-refractivity contribution is 0.563. The summed E-state index contributed by atoms with van der Waals surface area (Å²) in [6, 6.07) is 15.1. The first-order chi connectivity index (χ1) is 16.0. The molecular formula is C27H33N5S. The van der Waals surface area contributed by atoms with Gasteiger partial charge in [0.25, 0.3) is 0 Å². The number of hydrogen-bond acceptors (Lipinski definition) is 6. The highest BCUT2D eigenvalue weighted by molar-refractivity contribution is 7.99. The first-order valence-corrected chi connectivity index (χ1v) is 13.0. The van der Waals surface area contributed by atoms with Crippen LogP contribution < -0.4 is 15.5 Å². The fourth-order valence-electron chi connectivity index (χ4n) is 4.49. The molecule has 5 nitrogen and oxygen atoms in total. The van der Waals surface area contributed by atoms with Gasteiger partial charge in [0.1, 0.15) is 5.82 Å². The summed E-state index contributed by atoms with van der Waals surface area (Å²) in [5.41, 5.74) is 4.80. The van der Waals surface area contributed by atoms with Crippen LogP contribution in [-0.2, 0) is 6.54 Å². The fraction of sp³-hybridized carbons (Fsp3) is 0.407. The molecule has 0 saturated heterocycles. The second-order valence-corrected chi connectivity index (χ2v) is 10.5. The van der Waals surface area contributed by atoms with Crippen molar-refractivity contribution in [2.45, 2.75) is 56.5 Å². The number of rotatable bonds is 8. The molecule has 2 heterocycles. The van der Waals surface area contributed by atoms with Crippen molar-refractivity contribution < 1.29 is 0 Å². The molecule has 3 aromatic rings. The summed E-state index contributed by atoms with van der Waals surface area (Å²) in [7, 11) is 0. The lowest BCUT2D eigenvalue weighted by Gasteiger charge is -2.24. The van der Waals surface area contributed by atoms with Crippen molar-refractivity contribution in [1.29, 1.82) is 0 Å². The number of nitrogens with zero attached hydrogens (tertiary/aromatic N) is 3. The van der Waals surface area contributed by atoms with Gasteiger partial charge in [0.05, 0.1) is 11.1 Å². The zero-order chi connectivity index (χ0) is 22.8. The highest BCUT2D eigenvalue weighted by Gasteiger charge is 2.42. The number of thioether (sulfide) groups is 1. The Balaban J connectivity index is 1.43. The van der Waals surface area contributed by atoms with Gasteiger partial charge in [-0.2, -0.15) is 4.98 Å². The van der Waals surface area contributed by atoms with Gasteiger partial charge in [0, 0.05) is 41.4 Å². The smallest absolute Gasteiger partial charge is 0.228 e. The normalized spacial score (nSPS) is 16.7. The maximum Gasteiger partial charge on any atom is 0.228 e. The minimum Gasteiger partial charge on any atom is -0.382 e. The molecule has 5 rings (SSSR count). The Bertz CT molecular complexity index is 1170. The van der Waals surface area contributed by atoms with Gasteiger partial charge in [0.2, 0.25) is 5.95 Å². The van der Waals surface area contributed by atoms with E-state index >= 15 is 0 Å². The van der Waals surface area contributed by atoms with E-state index in [1.165, 1.54) is 16.0 Å². The van der Waals surface area contributed by atoms with Gasteiger partial charge in [-0.05, 0) is 49.9 Å². The summed E-state index contributed by atoms with van der Waals surface area (Å²) >= 11 is 1.92. The van der Waals surface area contributed by atoms with Crippen LogP contribution >= 0.6 is 11.8 Å². The van der Waals surface area contributed by atoms with E-state index in [0.717, 1.165) is 79.4 Å². The number of nitrogens with one attached hydrogen (secondary N) is 2. The summed E-state index contributed by atoms with van der Waals surface area (Å²) in [5, 5.41) is 8.46. The molecule has 0 amide bonds. The third kappa shape index (κ3) is 4.96. The second kappa shape index (κ2) is 9.26. The van der Waals surface area contributed by atoms with E-state index in [1.54, 1.807) is 0 Å². The molecule has 0 radical (unpaired) electrons. The molecule has 172 valence electrons. The quantitative estimate of drug-likeness (QED) is 0.437. The highest BCUT2D eigenvalue weighted by Crippen LogP contribution is 2.37. The average Bonchev–Trinajstić information content (AvgIpc) is 3.60. The molecule has 33 heavy (non-hydrogen) atoms. The predicted molar refractivity (Wildman–Crippen MR) is 140 cm³/mol. The largest absolute Gasteiger partial charge is 0.382 e. The topological polar surface area (TPSA) is 53.1 Å². The predicted octanol–water partition coefficient (Wildman–Crippen LogP) is 5.90. The maximum atomic E-state index is 5.07. The molecule has 1 saturated carbocycles. The first-order valence-electron chi connectivity index (χ1n) is 12.0. The summed E-state index contributed by atoms with van der Waals surface area (Å²) in [6.45, 7) is 11.1. The van der Waals surface area contributed by atoms with Crippen molar-refractivity contribution in [1.82, 2.24) is 15.3 Å². The molecule has 2 N–H and O–H groups in total. The van der Waals surface area contributed by atoms with Crippen molar-refractivity contribution >= 4 is 34.4 Å². The van der Waals surface area contributed by atoms with E-state index in [2.05, 4.69) is 78.4 Å². The number of hydrogen-bond donors (Lipinski definition) is 2. The monoisotopic (exact) mass is 459 g/mol. The van der Waals surface area contributed by atoms with E-state index in [9.17, 15) is 0 Å². The lowest BCUT2D eigenvalue weighted by atomic mass is 10.1. The van der Waals surface area contributed by atoms with Gasteiger partial charge < -0.3 is 15.5 Å². The third-order valence-corrected chi connectivity index (χ3v) is 7.61. The van der Waals surface area contributed by atoms with E-state index in [0.29, 0.717) is 0 Å². The Hall–Kier alpha value is -2.73. The maximum absolute atomic E-state index is 5.07. The van der Waals surface area contributed by atoms with Gasteiger partial charge in [-0.25, -0.2) is 4.98 Å². The van der Waals surface area contributed by atoms with E-state index in [-0.39, 0.29) is 5.54 Å². The fourth-order valence-corrected chi connectivity index (χ4v) is 5.52. The molecule has 2 aliphatic rings. The Morgan fingerprint density at radius 2 is 2.03 bits per heavy atom. The summed E-state index contributed by atoms with van der Waals surface area (Å²) in [5.74, 6) is 2.76. The van der Waals surface area contributed by atoms with Crippen LogP contribution in [0.1, 0.15) is 43.7 Å². The Labute approximate surface area is 201 Å². The van der Waals surface area contributed by atoms with Gasteiger partial charge in [-0.15, -0.1) is 11.8 Å². The zero-order valence-corrected chi connectivity index (χ0v) is 20.5. The molecule has 0 unspecified atom stereocenters. The van der Waals surface area contributed by atoms with Crippen molar-refractivity contribution in [3.05, 3.63) is 65.9 Å². The molecule has 0 atom stereocenters. The van der Waals surface area contributed by atoms with Crippen LogP contribution in [0.5, 0.6) is 0 Å². The van der Waals surface area contributed by atoms with Crippen molar-refractivity contribution in [2.24, 2.45) is 0 Å². The van der Waals surface area contributed by atoms with Crippen molar-refractivity contribution in [3.8, 4) is 0 Å². The third-order valence-electron chi connectivity index (χ3n) is 6.52. The number of aryl methyl sites for hydroxylation is 1. The Kier molecular flexibility index (Phi) is 6.19. The molecule has 1 aliphatic heterocycles. The number of fused-ring (bicyclic) bond motifs is 2. The average molecular weight is 460 g/mol. The lowest BCUT2D eigenvalue weighted by Crippen LogP contribution is -2.37. The van der Waals surface area contributed by atoms with Crippen molar-refractivity contribution in [3.63, 3.8) is 0 Å². The van der Waals surface area contributed by atoms with Crippen molar-refractivity contribution in [2.75, 3.05) is 29.1 Å². The van der Waals surface area contributed by atoms with Gasteiger partial charge in [0.15, 0.2) is 0 Å². The minimum atomic E-state index is 0.103. The molecule has 2 aromatic carbocycles. The molecule has 0 bridgehead atoms. The molecule has 6 heteroatoms. The van der Waals surface area contributed by atoms with Crippen LogP contribution in [0, 0.1) is 6.92 Å². The Morgan fingerprint density at radius 1 is 1.18 bits per heavy atom. The van der Waals surface area contributed by atoms with E-state index in [1.807, 2.05) is 11.8 Å². The number of anilines is 2. The second-order valence-electron chi connectivity index (χ2n) is 9.38. The van der Waals surface area contributed by atoms with E-state index < -0.39 is 0 Å². The summed E-state index contributed by atoms with van der Waals surface area (Å²) in [4.78, 5) is 13.7. The van der Waals surface area contributed by atoms with Crippen LogP contribution in [0.15, 0.2) is 59.6 Å². The zero-order valence-electron chi connectivity index (χ0n) is 19.7. The molecule has 0 spiro atoms. The highest BCUT2D eigenvalue weighted by atomic mass is 32.2. The SMILES string of the molecule is C=C(CCC)NC1(CNc2nc(N3CCSc4ccccc4C3)nc3ccc(C)cc23)CC1. The minimum absolute atomic E-state index is 0.103. The van der Waals surface area contributed by atoms with Gasteiger partial charge in [-0.1, -0.05) is 49.8 Å². The number of benzene rings is 2. The van der Waals surface area contributed by atoms with Crippen LogP contribution in [0.4, 0.5) is 11.8 Å². The molecular weight excluding hydrogens is 426 g/mol. The van der Waals surface area contributed by atoms with Crippen LogP contribution in [-0.4, -0.2) is 34.3 Å². The summed E-state index contributed by atoms with van der Waals surface area (Å²) < 4.78 is 0. The number of allylic oxidation sites excluding steroid dienone is 1. The summed E-state index contributed by atoms with van der Waals surface area (Å²) in [6.07, 6.45) is 4.47. The molecule has 1 aliphatic carbocycles. The van der Waals surface area contributed by atoms with Crippen LogP contribution in [0.2, 0.25) is 0 Å². The van der Waals surface area contributed by atoms with Gasteiger partial charge in [-0.3, -0.25) is 0 Å². The standard InChI is InChI=1S/C27H33N5S/c1-4-7-20(3)31-27(12-13-27)18-28-25-22-16-19(2)10-11-23(22)29-26(30-25)32-14-15-33-24-9-6-5-8-21(24)17-32/h5-6,8-11,16,31H,3-4,7,12-15,17-18H2,1-2H3,(H,28,29,30). The molecule has 1 fully saturated rings. The molecule has 1 aromatic heterocycles. The first kappa shape index (κ1) is 22.1. The van der Waals surface area contributed by atoms with Crippen LogP contribution in [0.25, 0.3) is 10.9 Å². The Morgan fingerprint density at radius 3 is 2.85 bits per heavy atom. The van der Waals surface area contributed by atoms with Gasteiger partial charge >= 0.3 is 0 Å². The number of aromatic nitrogens is 2. The van der Waals surface area contributed by atoms with E-state index in [4.69, 9.17) is 9.97 Å².